The van der Waals surface area contributed by atoms with Gasteiger partial charge < -0.3 is 10.4 Å². The van der Waals surface area contributed by atoms with Gasteiger partial charge in [-0.05, 0) is 41.7 Å². The highest BCUT2D eigenvalue weighted by Gasteiger charge is 2.36. The summed E-state index contributed by atoms with van der Waals surface area (Å²) in [5, 5.41) is 12.4. The van der Waals surface area contributed by atoms with Crippen molar-refractivity contribution in [1.82, 2.24) is 9.62 Å². The van der Waals surface area contributed by atoms with Gasteiger partial charge in [0.2, 0.25) is 15.9 Å². The quantitative estimate of drug-likeness (QED) is 0.409. The van der Waals surface area contributed by atoms with E-state index in [0.29, 0.717) is 12.8 Å². The molecule has 1 fully saturated rings. The fourth-order valence-electron chi connectivity index (χ4n) is 4.42. The molecular weight excluding hydrogens is 535 g/mol. The summed E-state index contributed by atoms with van der Waals surface area (Å²) < 4.78 is 27.6. The molecule has 0 spiro atoms. The highest BCUT2D eigenvalue weighted by Crippen LogP contribution is 2.33. The fraction of sp³-hybridized carbons (Fsp3) is 0.259. The van der Waals surface area contributed by atoms with Crippen molar-refractivity contribution in [3.63, 3.8) is 0 Å². The monoisotopic (exact) mass is 560 g/mol. The fourth-order valence-corrected chi connectivity index (χ4v) is 7.04. The SMILES string of the molecule is O=C(NC(Cc1ccc(-c2ccccc2)cc1)C(=O)O)C1CCCN(S(=O)(=O)c2c(Cl)cccc2Cl)C1. The number of hydrogen-bond acceptors (Lipinski definition) is 4. The Kier molecular flexibility index (Phi) is 8.54. The van der Waals surface area contributed by atoms with Gasteiger partial charge in [-0.1, -0.05) is 83.9 Å². The average Bonchev–Trinajstić information content (AvgIpc) is 2.89. The first-order valence-corrected chi connectivity index (χ1v) is 14.0. The topological polar surface area (TPSA) is 104 Å². The molecule has 4 rings (SSSR count). The van der Waals surface area contributed by atoms with E-state index in [2.05, 4.69) is 5.32 Å². The average molecular weight is 561 g/mol. The van der Waals surface area contributed by atoms with Crippen molar-refractivity contribution in [3.05, 3.63) is 88.4 Å². The molecule has 0 bridgehead atoms. The van der Waals surface area contributed by atoms with Crippen LogP contribution in [-0.4, -0.2) is 48.8 Å². The van der Waals surface area contributed by atoms with Gasteiger partial charge in [0.05, 0.1) is 16.0 Å². The van der Waals surface area contributed by atoms with Gasteiger partial charge in [-0.15, -0.1) is 0 Å². The molecule has 0 aliphatic carbocycles. The Bertz CT molecular complexity index is 1360. The van der Waals surface area contributed by atoms with Crippen LogP contribution in [0.1, 0.15) is 18.4 Å². The Morgan fingerprint density at radius 1 is 0.946 bits per heavy atom. The molecular formula is C27H26Cl2N2O5S. The van der Waals surface area contributed by atoms with Gasteiger partial charge >= 0.3 is 5.97 Å². The third-order valence-electron chi connectivity index (χ3n) is 6.39. The van der Waals surface area contributed by atoms with E-state index in [-0.39, 0.29) is 34.5 Å². The molecule has 2 N–H and O–H groups in total. The summed E-state index contributed by atoms with van der Waals surface area (Å²) in [7, 11) is -4.04. The number of benzene rings is 3. The predicted octanol–water partition coefficient (Wildman–Crippen LogP) is 4.87. The summed E-state index contributed by atoms with van der Waals surface area (Å²) in [4.78, 5) is 24.8. The van der Waals surface area contributed by atoms with Crippen LogP contribution in [0.3, 0.4) is 0 Å². The maximum Gasteiger partial charge on any atom is 0.326 e. The number of carboxylic acids is 1. The Hall–Kier alpha value is -2.91. The second-order valence-corrected chi connectivity index (χ2v) is 11.6. The molecule has 0 saturated carbocycles. The van der Waals surface area contributed by atoms with Crippen LogP contribution in [0.4, 0.5) is 0 Å². The van der Waals surface area contributed by atoms with E-state index < -0.39 is 33.9 Å². The molecule has 10 heteroatoms. The third kappa shape index (κ3) is 6.33. The molecule has 1 amide bonds. The summed E-state index contributed by atoms with van der Waals surface area (Å²) in [6.07, 6.45) is 0.977. The zero-order chi connectivity index (χ0) is 26.6. The molecule has 3 aromatic carbocycles. The van der Waals surface area contributed by atoms with Crippen LogP contribution < -0.4 is 5.32 Å². The van der Waals surface area contributed by atoms with Crippen LogP contribution in [0.15, 0.2) is 77.7 Å². The number of carbonyl (C=O) groups is 2. The summed E-state index contributed by atoms with van der Waals surface area (Å²) in [6.45, 7) is 0.123. The summed E-state index contributed by atoms with van der Waals surface area (Å²) >= 11 is 12.2. The number of hydrogen-bond donors (Lipinski definition) is 2. The number of aliphatic carboxylic acids is 1. The largest absolute Gasteiger partial charge is 0.480 e. The number of carbonyl (C=O) groups excluding carboxylic acids is 1. The van der Waals surface area contributed by atoms with Gasteiger partial charge in [-0.25, -0.2) is 13.2 Å². The first-order chi connectivity index (χ1) is 17.7. The van der Waals surface area contributed by atoms with Crippen molar-refractivity contribution in [2.75, 3.05) is 13.1 Å². The molecule has 1 saturated heterocycles. The highest BCUT2D eigenvalue weighted by molar-refractivity contribution is 7.89. The second-order valence-electron chi connectivity index (χ2n) is 8.92. The van der Waals surface area contributed by atoms with E-state index in [1.807, 2.05) is 54.6 Å². The predicted molar refractivity (Wildman–Crippen MR) is 143 cm³/mol. The van der Waals surface area contributed by atoms with Crippen molar-refractivity contribution in [2.45, 2.75) is 30.2 Å². The Labute approximate surface area is 226 Å². The lowest BCUT2D eigenvalue weighted by atomic mass is 9.97. The standard InChI is InChI=1S/C27H26Cl2N2O5S/c28-22-9-4-10-23(29)25(22)37(35,36)31-15-5-8-21(17-31)26(32)30-24(27(33)34)16-18-11-13-20(14-12-18)19-6-2-1-3-7-19/h1-4,6-7,9-14,21,24H,5,8,15-17H2,(H,30,32)(H,33,34). The minimum atomic E-state index is -4.04. The molecule has 1 aliphatic rings. The minimum Gasteiger partial charge on any atom is -0.480 e. The van der Waals surface area contributed by atoms with Crippen molar-refractivity contribution >= 4 is 45.1 Å². The van der Waals surface area contributed by atoms with Gasteiger partial charge in [0.1, 0.15) is 10.9 Å². The minimum absolute atomic E-state index is 0.00305. The second kappa shape index (κ2) is 11.6. The van der Waals surface area contributed by atoms with Gasteiger partial charge in [-0.3, -0.25) is 4.79 Å². The maximum atomic E-state index is 13.2. The Balaban J connectivity index is 1.44. The number of piperidine rings is 1. The number of nitrogens with zero attached hydrogens (tertiary/aromatic N) is 1. The lowest BCUT2D eigenvalue weighted by Crippen LogP contribution is -2.50. The van der Waals surface area contributed by atoms with Crippen molar-refractivity contribution < 1.29 is 23.1 Å². The van der Waals surface area contributed by atoms with Gasteiger partial charge in [0.25, 0.3) is 0 Å². The van der Waals surface area contributed by atoms with Crippen molar-refractivity contribution in [3.8, 4) is 11.1 Å². The first kappa shape index (κ1) is 27.1. The zero-order valence-electron chi connectivity index (χ0n) is 19.8. The molecule has 1 heterocycles. The highest BCUT2D eigenvalue weighted by atomic mass is 35.5. The van der Waals surface area contributed by atoms with Crippen LogP contribution in [0.5, 0.6) is 0 Å². The molecule has 37 heavy (non-hydrogen) atoms. The van der Waals surface area contributed by atoms with E-state index in [0.717, 1.165) is 16.7 Å². The van der Waals surface area contributed by atoms with Crippen LogP contribution in [0.2, 0.25) is 10.0 Å². The van der Waals surface area contributed by atoms with E-state index in [9.17, 15) is 23.1 Å². The van der Waals surface area contributed by atoms with Crippen LogP contribution in [-0.2, 0) is 26.0 Å². The zero-order valence-corrected chi connectivity index (χ0v) is 22.1. The number of nitrogens with one attached hydrogen (secondary N) is 1. The molecule has 0 radical (unpaired) electrons. The molecule has 7 nitrogen and oxygen atoms in total. The molecule has 1 aliphatic heterocycles. The van der Waals surface area contributed by atoms with Crippen molar-refractivity contribution in [1.29, 1.82) is 0 Å². The molecule has 194 valence electrons. The molecule has 2 atom stereocenters. The summed E-state index contributed by atoms with van der Waals surface area (Å²) in [5.74, 6) is -2.37. The number of carboxylic acid groups (broad SMARTS) is 1. The van der Waals surface area contributed by atoms with Crippen LogP contribution in [0, 0.1) is 5.92 Å². The smallest absolute Gasteiger partial charge is 0.326 e. The van der Waals surface area contributed by atoms with Gasteiger partial charge in [-0.2, -0.15) is 4.31 Å². The summed E-state index contributed by atoms with van der Waals surface area (Å²) in [5.41, 5.74) is 2.81. The molecule has 2 unspecified atom stereocenters. The number of rotatable bonds is 8. The lowest BCUT2D eigenvalue weighted by Gasteiger charge is -2.32. The lowest BCUT2D eigenvalue weighted by molar-refractivity contribution is -0.142. The van der Waals surface area contributed by atoms with Crippen molar-refractivity contribution in [2.24, 2.45) is 5.92 Å². The van der Waals surface area contributed by atoms with E-state index >= 15 is 0 Å². The number of halogens is 2. The summed E-state index contributed by atoms with van der Waals surface area (Å²) in [6, 6.07) is 20.6. The molecule has 3 aromatic rings. The van der Waals surface area contributed by atoms with E-state index in [1.54, 1.807) is 6.07 Å². The van der Waals surface area contributed by atoms with Gasteiger partial charge in [0, 0.05) is 19.5 Å². The number of amides is 1. The Morgan fingerprint density at radius 2 is 1.57 bits per heavy atom. The van der Waals surface area contributed by atoms with E-state index in [1.165, 1.54) is 16.4 Å². The maximum absolute atomic E-state index is 13.2. The van der Waals surface area contributed by atoms with Crippen LogP contribution in [0.25, 0.3) is 11.1 Å². The normalized spacial score (nSPS) is 17.2. The third-order valence-corrected chi connectivity index (χ3v) is 9.21. The van der Waals surface area contributed by atoms with E-state index in [4.69, 9.17) is 23.2 Å². The van der Waals surface area contributed by atoms with Gasteiger partial charge in [0.15, 0.2) is 0 Å². The Morgan fingerprint density at radius 3 is 2.19 bits per heavy atom. The van der Waals surface area contributed by atoms with Crippen LogP contribution >= 0.6 is 23.2 Å². The molecule has 0 aromatic heterocycles. The first-order valence-electron chi connectivity index (χ1n) is 11.8. The number of sulfonamides is 1.